The number of rotatable bonds is 7. The van der Waals surface area contributed by atoms with Crippen LogP contribution in [-0.2, 0) is 14.2 Å². The third-order valence-electron chi connectivity index (χ3n) is 3.16. The van der Waals surface area contributed by atoms with Gasteiger partial charge in [-0.15, -0.1) is 0 Å². The number of ether oxygens (including phenoxy) is 3. The van der Waals surface area contributed by atoms with Gasteiger partial charge in [0.1, 0.15) is 6.10 Å². The fourth-order valence-corrected chi connectivity index (χ4v) is 2.36. The maximum absolute atomic E-state index is 12.1. The molecule has 118 valence electrons. The van der Waals surface area contributed by atoms with Crippen molar-refractivity contribution in [2.45, 2.75) is 44.7 Å². The lowest BCUT2D eigenvalue weighted by Gasteiger charge is -2.27. The van der Waals surface area contributed by atoms with Gasteiger partial charge >= 0.3 is 6.61 Å². The second-order valence-electron chi connectivity index (χ2n) is 4.74. The van der Waals surface area contributed by atoms with E-state index in [0.717, 1.165) is 23.7 Å². The van der Waals surface area contributed by atoms with E-state index in [1.807, 2.05) is 6.07 Å². The minimum atomic E-state index is -2.77. The van der Waals surface area contributed by atoms with E-state index in [0.29, 0.717) is 18.7 Å². The molecule has 7 heteroatoms. The minimum absolute atomic E-state index is 0.0905. The summed E-state index contributed by atoms with van der Waals surface area (Å²) in [6.45, 7) is -2.19. The maximum atomic E-state index is 12.1. The summed E-state index contributed by atoms with van der Waals surface area (Å²) in [7, 11) is 0. The molecule has 4 nitrogen and oxygen atoms in total. The van der Waals surface area contributed by atoms with Gasteiger partial charge in [0.2, 0.25) is 0 Å². The van der Waals surface area contributed by atoms with E-state index in [1.54, 1.807) is 12.3 Å². The number of pyridine rings is 1. The van der Waals surface area contributed by atoms with Crippen LogP contribution >= 0.6 is 15.9 Å². The molecule has 1 aromatic rings. The average Bonchev–Trinajstić information content (AvgIpc) is 2.48. The van der Waals surface area contributed by atoms with Crippen LogP contribution in [0, 0.1) is 0 Å². The molecular weight excluding hydrogens is 348 g/mol. The molecule has 0 spiro atoms. The van der Waals surface area contributed by atoms with E-state index >= 15 is 0 Å². The van der Waals surface area contributed by atoms with Crippen LogP contribution in [0.1, 0.15) is 37.5 Å². The number of nitrogens with zero attached hydrogens (tertiary/aromatic N) is 1. The fraction of sp³-hybridized carbons (Fsp3) is 0.643. The summed E-state index contributed by atoms with van der Waals surface area (Å²) in [6, 6.07) is 3.65. The molecule has 1 saturated heterocycles. The largest absolute Gasteiger partial charge is 0.353 e. The highest BCUT2D eigenvalue weighted by Crippen LogP contribution is 2.26. The van der Waals surface area contributed by atoms with E-state index in [9.17, 15) is 8.78 Å². The first kappa shape index (κ1) is 16.7. The van der Waals surface area contributed by atoms with Crippen LogP contribution in [0.15, 0.2) is 22.8 Å². The molecule has 0 bridgehead atoms. The predicted molar refractivity (Wildman–Crippen MR) is 75.9 cm³/mol. The van der Waals surface area contributed by atoms with E-state index in [-0.39, 0.29) is 12.9 Å². The molecule has 2 unspecified atom stereocenters. The molecule has 2 rings (SSSR count). The Morgan fingerprint density at radius 3 is 2.86 bits per heavy atom. The minimum Gasteiger partial charge on any atom is -0.353 e. The van der Waals surface area contributed by atoms with Crippen molar-refractivity contribution in [1.82, 2.24) is 4.98 Å². The highest BCUT2D eigenvalue weighted by Gasteiger charge is 2.22. The van der Waals surface area contributed by atoms with E-state index in [2.05, 4.69) is 25.7 Å². The number of alkyl halides is 2. The molecule has 0 aliphatic carbocycles. The third-order valence-corrected chi connectivity index (χ3v) is 3.63. The quantitative estimate of drug-likeness (QED) is 0.730. The lowest BCUT2D eigenvalue weighted by molar-refractivity contribution is -0.199. The normalized spacial score (nSPS) is 20.7. The molecule has 2 atom stereocenters. The van der Waals surface area contributed by atoms with Crippen molar-refractivity contribution in [3.63, 3.8) is 0 Å². The first-order valence-electron chi connectivity index (χ1n) is 6.93. The summed E-state index contributed by atoms with van der Waals surface area (Å²) < 4.78 is 40.8. The van der Waals surface area contributed by atoms with Crippen molar-refractivity contribution in [1.29, 1.82) is 0 Å². The molecule has 1 aromatic heterocycles. The van der Waals surface area contributed by atoms with Crippen LogP contribution in [0.2, 0.25) is 0 Å². The molecule has 1 aliphatic heterocycles. The zero-order valence-electron chi connectivity index (χ0n) is 11.5. The molecule has 0 saturated carbocycles. The summed E-state index contributed by atoms with van der Waals surface area (Å²) in [5.74, 6) is 0. The van der Waals surface area contributed by atoms with Gasteiger partial charge in [-0.25, -0.2) is 0 Å². The second-order valence-corrected chi connectivity index (χ2v) is 5.66. The average molecular weight is 366 g/mol. The zero-order valence-corrected chi connectivity index (χ0v) is 13.1. The molecule has 0 N–H and O–H groups in total. The predicted octanol–water partition coefficient (Wildman–Crippen LogP) is 4.06. The highest BCUT2D eigenvalue weighted by molar-refractivity contribution is 9.10. The Morgan fingerprint density at radius 1 is 1.38 bits per heavy atom. The van der Waals surface area contributed by atoms with Gasteiger partial charge in [0.05, 0.1) is 12.3 Å². The third kappa shape index (κ3) is 5.94. The van der Waals surface area contributed by atoms with Crippen LogP contribution in [0.25, 0.3) is 0 Å². The van der Waals surface area contributed by atoms with Gasteiger partial charge in [0.25, 0.3) is 0 Å². The van der Waals surface area contributed by atoms with Crippen molar-refractivity contribution < 1.29 is 23.0 Å². The number of hydrogen-bond acceptors (Lipinski definition) is 4. The number of halogens is 3. The molecule has 1 aliphatic rings. The monoisotopic (exact) mass is 365 g/mol. The van der Waals surface area contributed by atoms with Gasteiger partial charge < -0.3 is 14.2 Å². The first-order valence-corrected chi connectivity index (χ1v) is 7.72. The molecule has 2 heterocycles. The smallest absolute Gasteiger partial charge is 0.345 e. The Kier molecular flexibility index (Phi) is 6.95. The Labute approximate surface area is 130 Å². The Hall–Kier alpha value is -0.630. The van der Waals surface area contributed by atoms with E-state index < -0.39 is 12.7 Å². The zero-order chi connectivity index (χ0) is 15.1. The maximum Gasteiger partial charge on any atom is 0.345 e. The summed E-state index contributed by atoms with van der Waals surface area (Å²) >= 11 is 3.31. The molecule has 21 heavy (non-hydrogen) atoms. The van der Waals surface area contributed by atoms with Gasteiger partial charge in [-0.05, 0) is 47.3 Å². The van der Waals surface area contributed by atoms with Crippen molar-refractivity contribution >= 4 is 15.9 Å². The van der Waals surface area contributed by atoms with Gasteiger partial charge in [0, 0.05) is 23.7 Å². The van der Waals surface area contributed by atoms with Crippen molar-refractivity contribution in [2.75, 3.05) is 13.2 Å². The molecule has 0 radical (unpaired) electrons. The first-order chi connectivity index (χ1) is 10.1. The lowest BCUT2D eigenvalue weighted by atomic mass is 10.1. The van der Waals surface area contributed by atoms with Crippen LogP contribution in [0.4, 0.5) is 8.78 Å². The topological polar surface area (TPSA) is 40.6 Å². The van der Waals surface area contributed by atoms with Crippen LogP contribution < -0.4 is 0 Å². The Balaban J connectivity index is 1.96. The second kappa shape index (κ2) is 8.73. The molecular formula is C14H18BrF2NO3. The van der Waals surface area contributed by atoms with Gasteiger partial charge in [-0.3, -0.25) is 4.98 Å². The van der Waals surface area contributed by atoms with Crippen LogP contribution in [0.3, 0.4) is 0 Å². The SMILES string of the molecule is FC(F)OCCC(OC1CCCCO1)c1ccc(Br)cn1. The van der Waals surface area contributed by atoms with Gasteiger partial charge in [-0.1, -0.05) is 0 Å². The van der Waals surface area contributed by atoms with Gasteiger partial charge in [-0.2, -0.15) is 8.78 Å². The summed E-state index contributed by atoms with van der Waals surface area (Å²) in [4.78, 5) is 4.27. The number of aromatic nitrogens is 1. The lowest BCUT2D eigenvalue weighted by Crippen LogP contribution is -2.25. The molecule has 0 aromatic carbocycles. The Bertz CT molecular complexity index is 413. The standard InChI is InChI=1S/C14H18BrF2NO3/c15-10-4-5-11(18-9-10)12(6-8-20-14(16)17)21-13-3-1-2-7-19-13/h4-5,9,12-14H,1-3,6-8H2. The molecule has 0 amide bonds. The summed E-state index contributed by atoms with van der Waals surface area (Å²) in [6.07, 6.45) is 4.11. The summed E-state index contributed by atoms with van der Waals surface area (Å²) in [5, 5.41) is 0. The van der Waals surface area contributed by atoms with Crippen LogP contribution in [-0.4, -0.2) is 31.1 Å². The summed E-state index contributed by atoms with van der Waals surface area (Å²) in [5.41, 5.74) is 0.685. The fourth-order valence-electron chi connectivity index (χ4n) is 2.13. The van der Waals surface area contributed by atoms with Crippen molar-refractivity contribution in [3.8, 4) is 0 Å². The Morgan fingerprint density at radius 2 is 2.24 bits per heavy atom. The van der Waals surface area contributed by atoms with Gasteiger partial charge in [0.15, 0.2) is 6.29 Å². The van der Waals surface area contributed by atoms with Crippen molar-refractivity contribution in [3.05, 3.63) is 28.5 Å². The number of hydrogen-bond donors (Lipinski definition) is 0. The van der Waals surface area contributed by atoms with E-state index in [4.69, 9.17) is 9.47 Å². The van der Waals surface area contributed by atoms with E-state index in [1.165, 1.54) is 0 Å². The van der Waals surface area contributed by atoms with Crippen LogP contribution in [0.5, 0.6) is 0 Å². The molecule has 1 fully saturated rings. The highest BCUT2D eigenvalue weighted by atomic mass is 79.9. The van der Waals surface area contributed by atoms with Crippen molar-refractivity contribution in [2.24, 2.45) is 0 Å².